The van der Waals surface area contributed by atoms with Crippen molar-refractivity contribution < 1.29 is 9.53 Å². The van der Waals surface area contributed by atoms with Gasteiger partial charge in [0.15, 0.2) is 0 Å². The van der Waals surface area contributed by atoms with Gasteiger partial charge in [-0.2, -0.15) is 0 Å². The number of carbonyl (C=O) groups excluding carboxylic acids is 1. The topological polar surface area (TPSA) is 38.3 Å². The Morgan fingerprint density at radius 2 is 1.62 bits per heavy atom. The lowest BCUT2D eigenvalue weighted by Gasteiger charge is -2.08. The van der Waals surface area contributed by atoms with Gasteiger partial charge in [-0.15, -0.1) is 0 Å². The molecule has 3 nitrogen and oxygen atoms in total. The lowest BCUT2D eigenvalue weighted by molar-refractivity contribution is -0.115. The predicted molar refractivity (Wildman–Crippen MR) is 99.5 cm³/mol. The van der Waals surface area contributed by atoms with Gasteiger partial charge in [0.2, 0.25) is 5.91 Å². The lowest BCUT2D eigenvalue weighted by Crippen LogP contribution is -2.14. The molecule has 128 valence electrons. The van der Waals surface area contributed by atoms with Crippen molar-refractivity contribution in [2.45, 2.75) is 45.4 Å². The Balaban J connectivity index is 1.70. The zero-order valence-corrected chi connectivity index (χ0v) is 14.5. The highest BCUT2D eigenvalue weighted by Crippen LogP contribution is 2.16. The van der Waals surface area contributed by atoms with E-state index in [1.165, 1.54) is 25.7 Å². The van der Waals surface area contributed by atoms with Gasteiger partial charge < -0.3 is 10.1 Å². The normalized spacial score (nSPS) is 10.4. The molecule has 0 saturated heterocycles. The molecule has 0 aliphatic carbocycles. The summed E-state index contributed by atoms with van der Waals surface area (Å²) in [6.07, 6.45) is 6.55. The summed E-state index contributed by atoms with van der Waals surface area (Å²) in [6, 6.07) is 17.3. The fraction of sp³-hybridized carbons (Fsp3) is 0.381. The van der Waals surface area contributed by atoms with Gasteiger partial charge in [-0.1, -0.05) is 62.9 Å². The largest absolute Gasteiger partial charge is 0.494 e. The van der Waals surface area contributed by atoms with Gasteiger partial charge in [0, 0.05) is 5.69 Å². The van der Waals surface area contributed by atoms with Gasteiger partial charge in [-0.3, -0.25) is 4.79 Å². The summed E-state index contributed by atoms with van der Waals surface area (Å²) < 4.78 is 5.73. The summed E-state index contributed by atoms with van der Waals surface area (Å²) in [7, 11) is 0. The number of rotatable bonds is 10. The minimum Gasteiger partial charge on any atom is -0.494 e. The highest BCUT2D eigenvalue weighted by Gasteiger charge is 2.04. The average Bonchev–Trinajstić information content (AvgIpc) is 2.60. The molecule has 1 amide bonds. The summed E-state index contributed by atoms with van der Waals surface area (Å²) in [5, 5.41) is 2.91. The summed E-state index contributed by atoms with van der Waals surface area (Å²) in [5.74, 6) is 0.845. The first-order valence-corrected chi connectivity index (χ1v) is 8.84. The van der Waals surface area contributed by atoms with E-state index in [9.17, 15) is 4.79 Å². The van der Waals surface area contributed by atoms with Crippen LogP contribution in [-0.4, -0.2) is 12.5 Å². The monoisotopic (exact) mass is 325 g/mol. The van der Waals surface area contributed by atoms with Gasteiger partial charge in [-0.05, 0) is 36.2 Å². The molecule has 24 heavy (non-hydrogen) atoms. The second kappa shape index (κ2) is 10.5. The van der Waals surface area contributed by atoms with Crippen molar-refractivity contribution in [2.24, 2.45) is 0 Å². The van der Waals surface area contributed by atoms with Gasteiger partial charge in [0.1, 0.15) is 5.75 Å². The number of ether oxygens (including phenoxy) is 1. The lowest BCUT2D eigenvalue weighted by atomic mass is 10.1. The van der Waals surface area contributed by atoms with Crippen molar-refractivity contribution in [3.8, 4) is 5.75 Å². The van der Waals surface area contributed by atoms with E-state index in [2.05, 4.69) is 12.2 Å². The number of hydrogen-bond acceptors (Lipinski definition) is 2. The fourth-order valence-electron chi connectivity index (χ4n) is 2.52. The highest BCUT2D eigenvalue weighted by molar-refractivity contribution is 5.92. The van der Waals surface area contributed by atoms with Crippen LogP contribution in [-0.2, 0) is 11.2 Å². The third kappa shape index (κ3) is 6.86. The van der Waals surface area contributed by atoms with Crippen LogP contribution >= 0.6 is 0 Å². The molecule has 0 spiro atoms. The van der Waals surface area contributed by atoms with Crippen LogP contribution in [0.25, 0.3) is 0 Å². The van der Waals surface area contributed by atoms with Gasteiger partial charge in [0.05, 0.1) is 13.0 Å². The minimum atomic E-state index is -0.00853. The van der Waals surface area contributed by atoms with Crippen LogP contribution < -0.4 is 10.1 Å². The maximum Gasteiger partial charge on any atom is 0.228 e. The van der Waals surface area contributed by atoms with Crippen molar-refractivity contribution in [3.05, 3.63) is 60.2 Å². The predicted octanol–water partition coefficient (Wildman–Crippen LogP) is 5.22. The zero-order chi connectivity index (χ0) is 17.0. The molecule has 0 aliphatic rings. The molecule has 0 atom stereocenters. The molecule has 0 aromatic heterocycles. The number of benzene rings is 2. The van der Waals surface area contributed by atoms with Crippen LogP contribution in [0.3, 0.4) is 0 Å². The average molecular weight is 325 g/mol. The van der Waals surface area contributed by atoms with Crippen molar-refractivity contribution >= 4 is 11.6 Å². The second-order valence-corrected chi connectivity index (χ2v) is 6.00. The van der Waals surface area contributed by atoms with Crippen molar-refractivity contribution in [1.82, 2.24) is 0 Å². The van der Waals surface area contributed by atoms with Gasteiger partial charge in [0.25, 0.3) is 0 Å². The molecule has 0 unspecified atom stereocenters. The van der Waals surface area contributed by atoms with Crippen molar-refractivity contribution in [2.75, 3.05) is 11.9 Å². The van der Waals surface area contributed by atoms with E-state index in [1.54, 1.807) is 0 Å². The zero-order valence-electron chi connectivity index (χ0n) is 14.5. The molecule has 0 heterocycles. The van der Waals surface area contributed by atoms with E-state index in [0.29, 0.717) is 6.42 Å². The Morgan fingerprint density at radius 1 is 0.917 bits per heavy atom. The SMILES string of the molecule is CCCCCCCOc1ccc(NC(=O)Cc2ccccc2)cc1. The van der Waals surface area contributed by atoms with Gasteiger partial charge >= 0.3 is 0 Å². The molecule has 2 aromatic rings. The second-order valence-electron chi connectivity index (χ2n) is 6.00. The molecule has 3 heteroatoms. The Bertz CT molecular complexity index is 593. The summed E-state index contributed by atoms with van der Waals surface area (Å²) in [4.78, 5) is 12.0. The number of nitrogens with one attached hydrogen (secondary N) is 1. The van der Waals surface area contributed by atoms with Crippen LogP contribution in [0.15, 0.2) is 54.6 Å². The van der Waals surface area contributed by atoms with Crippen LogP contribution in [0.5, 0.6) is 5.75 Å². The highest BCUT2D eigenvalue weighted by atomic mass is 16.5. The Labute approximate surface area is 145 Å². The molecule has 2 aromatic carbocycles. The number of carbonyl (C=O) groups is 1. The third-order valence-electron chi connectivity index (χ3n) is 3.86. The number of unbranched alkanes of at least 4 members (excludes halogenated alkanes) is 4. The van der Waals surface area contributed by atoms with E-state index in [-0.39, 0.29) is 5.91 Å². The summed E-state index contributed by atoms with van der Waals surface area (Å²) >= 11 is 0. The van der Waals surface area contributed by atoms with E-state index in [0.717, 1.165) is 30.0 Å². The van der Waals surface area contributed by atoms with Crippen molar-refractivity contribution in [3.63, 3.8) is 0 Å². The summed E-state index contributed by atoms with van der Waals surface area (Å²) in [6.45, 7) is 2.97. The first-order valence-electron chi connectivity index (χ1n) is 8.84. The van der Waals surface area contributed by atoms with E-state index in [4.69, 9.17) is 4.74 Å². The van der Waals surface area contributed by atoms with Crippen LogP contribution in [0, 0.1) is 0 Å². The standard InChI is InChI=1S/C21H27NO2/c1-2-3-4-5-9-16-24-20-14-12-19(13-15-20)22-21(23)17-18-10-7-6-8-11-18/h6-8,10-15H,2-5,9,16-17H2,1H3,(H,22,23). The van der Waals surface area contributed by atoms with E-state index >= 15 is 0 Å². The Morgan fingerprint density at radius 3 is 2.33 bits per heavy atom. The molecular weight excluding hydrogens is 298 g/mol. The first kappa shape index (κ1) is 18.1. The minimum absolute atomic E-state index is 0.00853. The third-order valence-corrected chi connectivity index (χ3v) is 3.86. The number of amides is 1. The smallest absolute Gasteiger partial charge is 0.228 e. The van der Waals surface area contributed by atoms with Crippen molar-refractivity contribution in [1.29, 1.82) is 0 Å². The maximum atomic E-state index is 12.0. The molecule has 2 rings (SSSR count). The van der Waals surface area contributed by atoms with Crippen LogP contribution in [0.2, 0.25) is 0 Å². The van der Waals surface area contributed by atoms with E-state index in [1.807, 2.05) is 54.6 Å². The van der Waals surface area contributed by atoms with Crippen LogP contribution in [0.1, 0.15) is 44.6 Å². The van der Waals surface area contributed by atoms with Crippen LogP contribution in [0.4, 0.5) is 5.69 Å². The van der Waals surface area contributed by atoms with E-state index < -0.39 is 0 Å². The van der Waals surface area contributed by atoms with Gasteiger partial charge in [-0.25, -0.2) is 0 Å². The Hall–Kier alpha value is -2.29. The Kier molecular flexibility index (Phi) is 7.88. The molecule has 0 fully saturated rings. The molecular formula is C21H27NO2. The quantitative estimate of drug-likeness (QED) is 0.608. The number of hydrogen-bond donors (Lipinski definition) is 1. The summed E-state index contributed by atoms with van der Waals surface area (Å²) in [5.41, 5.74) is 1.81. The number of anilines is 1. The molecule has 0 saturated carbocycles. The molecule has 0 aliphatic heterocycles. The molecule has 1 N–H and O–H groups in total. The first-order chi connectivity index (χ1) is 11.8. The molecule has 0 bridgehead atoms. The fourth-order valence-corrected chi connectivity index (χ4v) is 2.52. The maximum absolute atomic E-state index is 12.0. The molecule has 0 radical (unpaired) electrons.